The first kappa shape index (κ1) is 16.7. The van der Waals surface area contributed by atoms with Crippen molar-refractivity contribution in [3.63, 3.8) is 0 Å². The second-order valence-corrected chi connectivity index (χ2v) is 6.79. The summed E-state index contributed by atoms with van der Waals surface area (Å²) in [4.78, 5) is 19.0. The molecule has 6 nitrogen and oxygen atoms in total. The van der Waals surface area contributed by atoms with Crippen molar-refractivity contribution < 1.29 is 4.79 Å². The van der Waals surface area contributed by atoms with Gasteiger partial charge in [-0.15, -0.1) is 0 Å². The normalized spacial score (nSPS) is 18.2. The molecule has 0 spiro atoms. The van der Waals surface area contributed by atoms with Gasteiger partial charge in [-0.2, -0.15) is 5.10 Å². The highest BCUT2D eigenvalue weighted by Crippen LogP contribution is 2.23. The molecule has 1 aliphatic rings. The number of carbonyl (C=O) groups excluding carboxylic acids is 1. The van der Waals surface area contributed by atoms with Crippen molar-refractivity contribution in [3.05, 3.63) is 35.2 Å². The highest BCUT2D eigenvalue weighted by Gasteiger charge is 2.25. The van der Waals surface area contributed by atoms with Gasteiger partial charge in [0.1, 0.15) is 5.82 Å². The number of amides is 1. The third kappa shape index (κ3) is 3.23. The van der Waals surface area contributed by atoms with E-state index in [1.807, 2.05) is 42.9 Å². The fourth-order valence-electron chi connectivity index (χ4n) is 3.75. The molecule has 0 N–H and O–H groups in total. The van der Waals surface area contributed by atoms with Crippen molar-refractivity contribution in [2.75, 3.05) is 13.1 Å². The molecule has 1 atom stereocenters. The first-order valence-electron chi connectivity index (χ1n) is 8.73. The van der Waals surface area contributed by atoms with E-state index in [0.717, 1.165) is 49.6 Å². The Labute approximate surface area is 143 Å². The molecule has 130 valence electrons. The third-order valence-corrected chi connectivity index (χ3v) is 5.25. The fraction of sp³-hybridized carbons (Fsp3) is 0.611. The van der Waals surface area contributed by atoms with Gasteiger partial charge in [-0.25, -0.2) is 4.98 Å². The zero-order chi connectivity index (χ0) is 17.3. The summed E-state index contributed by atoms with van der Waals surface area (Å²) in [5.41, 5.74) is 3.41. The standard InChI is InChI=1S/C18H27N5O/c1-13-17(14(2)21(4)20-13)7-8-18(24)22-10-5-6-16(12-22)23-11-9-19-15(23)3/h9,11,16H,5-8,10,12H2,1-4H3/t16-/m1/s1. The van der Waals surface area contributed by atoms with E-state index in [0.29, 0.717) is 12.5 Å². The van der Waals surface area contributed by atoms with Crippen molar-refractivity contribution >= 4 is 5.91 Å². The number of hydrogen-bond acceptors (Lipinski definition) is 3. The Balaban J connectivity index is 1.61. The fourth-order valence-corrected chi connectivity index (χ4v) is 3.75. The van der Waals surface area contributed by atoms with E-state index in [1.54, 1.807) is 0 Å². The van der Waals surface area contributed by atoms with Gasteiger partial charge in [0.2, 0.25) is 5.91 Å². The molecule has 0 bridgehead atoms. The van der Waals surface area contributed by atoms with Crippen molar-refractivity contribution in [3.8, 4) is 0 Å². The van der Waals surface area contributed by atoms with Crippen LogP contribution in [0.3, 0.4) is 0 Å². The largest absolute Gasteiger partial charge is 0.341 e. The van der Waals surface area contributed by atoms with Crippen LogP contribution >= 0.6 is 0 Å². The number of rotatable bonds is 4. The summed E-state index contributed by atoms with van der Waals surface area (Å²) in [6.45, 7) is 7.77. The lowest BCUT2D eigenvalue weighted by molar-refractivity contribution is -0.132. The van der Waals surface area contributed by atoms with E-state index >= 15 is 0 Å². The van der Waals surface area contributed by atoms with Crippen LogP contribution < -0.4 is 0 Å². The number of imidazole rings is 1. The average Bonchev–Trinajstić information content (AvgIpc) is 3.09. The van der Waals surface area contributed by atoms with Crippen molar-refractivity contribution in [2.24, 2.45) is 7.05 Å². The quantitative estimate of drug-likeness (QED) is 0.865. The molecular formula is C18H27N5O. The minimum atomic E-state index is 0.250. The van der Waals surface area contributed by atoms with Crippen molar-refractivity contribution in [1.82, 2.24) is 24.2 Å². The number of likely N-dealkylation sites (tertiary alicyclic amines) is 1. The van der Waals surface area contributed by atoms with Crippen LogP contribution in [-0.4, -0.2) is 43.2 Å². The predicted molar refractivity (Wildman–Crippen MR) is 92.8 cm³/mol. The summed E-state index contributed by atoms with van der Waals surface area (Å²) in [7, 11) is 1.95. The molecule has 0 aromatic carbocycles. The van der Waals surface area contributed by atoms with E-state index in [4.69, 9.17) is 0 Å². The molecule has 2 aromatic heterocycles. The van der Waals surface area contributed by atoms with Crippen molar-refractivity contribution in [2.45, 2.75) is 52.5 Å². The monoisotopic (exact) mass is 329 g/mol. The molecule has 3 heterocycles. The summed E-state index contributed by atoms with van der Waals surface area (Å²) in [5, 5.41) is 4.44. The highest BCUT2D eigenvalue weighted by atomic mass is 16.2. The molecule has 2 aromatic rings. The van der Waals surface area contributed by atoms with E-state index in [9.17, 15) is 4.79 Å². The maximum atomic E-state index is 12.7. The number of hydrogen-bond donors (Lipinski definition) is 0. The minimum Gasteiger partial charge on any atom is -0.341 e. The third-order valence-electron chi connectivity index (χ3n) is 5.25. The van der Waals surface area contributed by atoms with Crippen LogP contribution in [0, 0.1) is 20.8 Å². The van der Waals surface area contributed by atoms with Gasteiger partial charge in [-0.1, -0.05) is 0 Å². The maximum absolute atomic E-state index is 12.7. The molecule has 0 aliphatic carbocycles. The number of aromatic nitrogens is 4. The zero-order valence-electron chi connectivity index (χ0n) is 15.1. The molecule has 24 heavy (non-hydrogen) atoms. The molecule has 1 fully saturated rings. The van der Waals surface area contributed by atoms with Gasteiger partial charge in [-0.3, -0.25) is 9.48 Å². The Bertz CT molecular complexity index is 730. The molecule has 0 saturated carbocycles. The number of carbonyl (C=O) groups is 1. The number of piperidine rings is 1. The molecule has 3 rings (SSSR count). The number of aryl methyl sites for hydroxylation is 3. The first-order valence-corrected chi connectivity index (χ1v) is 8.73. The molecule has 6 heteroatoms. The molecule has 1 saturated heterocycles. The van der Waals surface area contributed by atoms with Crippen LogP contribution in [0.2, 0.25) is 0 Å². The molecule has 1 aliphatic heterocycles. The van der Waals surface area contributed by atoms with Crippen LogP contribution in [-0.2, 0) is 18.3 Å². The smallest absolute Gasteiger partial charge is 0.222 e. The zero-order valence-corrected chi connectivity index (χ0v) is 15.1. The van der Waals surface area contributed by atoms with Gasteiger partial charge in [0.25, 0.3) is 0 Å². The SMILES string of the molecule is Cc1nn(C)c(C)c1CCC(=O)N1CCC[C@@H](n2ccnc2C)C1. The predicted octanol–water partition coefficient (Wildman–Crippen LogP) is 2.34. The van der Waals surface area contributed by atoms with E-state index < -0.39 is 0 Å². The van der Waals surface area contributed by atoms with E-state index in [1.165, 1.54) is 5.56 Å². The summed E-state index contributed by atoms with van der Waals surface area (Å²) >= 11 is 0. The van der Waals surface area contributed by atoms with Gasteiger partial charge in [0, 0.05) is 44.6 Å². The van der Waals surface area contributed by atoms with E-state index in [2.05, 4.69) is 21.6 Å². The number of nitrogens with zero attached hydrogens (tertiary/aromatic N) is 5. The van der Waals surface area contributed by atoms with Gasteiger partial charge in [0.05, 0.1) is 11.7 Å². The van der Waals surface area contributed by atoms with Crippen LogP contribution in [0.25, 0.3) is 0 Å². The van der Waals surface area contributed by atoms with Crippen LogP contribution in [0.4, 0.5) is 0 Å². The summed E-state index contributed by atoms with van der Waals surface area (Å²) in [5.74, 6) is 1.27. The lowest BCUT2D eigenvalue weighted by atomic mass is 10.0. The average molecular weight is 329 g/mol. The van der Waals surface area contributed by atoms with Gasteiger partial charge in [0.15, 0.2) is 0 Å². The Morgan fingerprint density at radius 3 is 2.75 bits per heavy atom. The highest BCUT2D eigenvalue weighted by molar-refractivity contribution is 5.76. The van der Waals surface area contributed by atoms with Crippen LogP contribution in [0.15, 0.2) is 12.4 Å². The van der Waals surface area contributed by atoms with Crippen LogP contribution in [0.5, 0.6) is 0 Å². The summed E-state index contributed by atoms with van der Waals surface area (Å²) in [6, 6.07) is 0.354. The van der Waals surface area contributed by atoms with E-state index in [-0.39, 0.29) is 5.91 Å². The Hall–Kier alpha value is -2.11. The van der Waals surface area contributed by atoms with Gasteiger partial charge < -0.3 is 9.47 Å². The second-order valence-electron chi connectivity index (χ2n) is 6.79. The summed E-state index contributed by atoms with van der Waals surface area (Å²) < 4.78 is 4.10. The van der Waals surface area contributed by atoms with Gasteiger partial charge >= 0.3 is 0 Å². The Morgan fingerprint density at radius 2 is 2.12 bits per heavy atom. The maximum Gasteiger partial charge on any atom is 0.222 e. The first-order chi connectivity index (χ1) is 11.5. The molecule has 0 unspecified atom stereocenters. The van der Waals surface area contributed by atoms with Crippen LogP contribution in [0.1, 0.15) is 48.1 Å². The molecular weight excluding hydrogens is 302 g/mol. The topological polar surface area (TPSA) is 56.0 Å². The lowest BCUT2D eigenvalue weighted by Gasteiger charge is -2.34. The minimum absolute atomic E-state index is 0.250. The molecule has 0 radical (unpaired) electrons. The molecule has 1 amide bonds. The second kappa shape index (κ2) is 6.79. The Morgan fingerprint density at radius 1 is 1.33 bits per heavy atom. The van der Waals surface area contributed by atoms with Crippen molar-refractivity contribution in [1.29, 1.82) is 0 Å². The lowest BCUT2D eigenvalue weighted by Crippen LogP contribution is -2.40. The Kier molecular flexibility index (Phi) is 4.73. The van der Waals surface area contributed by atoms with Gasteiger partial charge in [-0.05, 0) is 45.6 Å². The summed E-state index contributed by atoms with van der Waals surface area (Å²) in [6.07, 6.45) is 7.36.